The minimum absolute atomic E-state index is 0.0156. The number of aryl methyl sites for hydroxylation is 1. The number of nitrogens with one attached hydrogen (secondary N) is 1. The Labute approximate surface area is 87.3 Å². The van der Waals surface area contributed by atoms with Crippen molar-refractivity contribution in [3.63, 3.8) is 0 Å². The van der Waals surface area contributed by atoms with Crippen LogP contribution in [0.5, 0.6) is 0 Å². The van der Waals surface area contributed by atoms with Crippen molar-refractivity contribution < 1.29 is 4.52 Å². The van der Waals surface area contributed by atoms with Gasteiger partial charge in [-0.3, -0.25) is 4.79 Å². The molecule has 15 heavy (non-hydrogen) atoms. The van der Waals surface area contributed by atoms with E-state index in [-0.39, 0.29) is 5.43 Å². The third kappa shape index (κ3) is 1.79. The fourth-order valence-electron chi connectivity index (χ4n) is 1.67. The van der Waals surface area contributed by atoms with Crippen molar-refractivity contribution in [3.05, 3.63) is 27.7 Å². The summed E-state index contributed by atoms with van der Waals surface area (Å²) in [5.74, 6) is 0.457. The molecule has 0 saturated heterocycles. The highest BCUT2D eigenvalue weighted by molar-refractivity contribution is 5.75. The van der Waals surface area contributed by atoms with Gasteiger partial charge in [0.25, 0.3) is 0 Å². The second kappa shape index (κ2) is 3.53. The van der Waals surface area contributed by atoms with Gasteiger partial charge in [0.2, 0.25) is 5.71 Å². The maximum absolute atomic E-state index is 11.7. The number of fused-ring (bicyclic) bond motifs is 1. The fraction of sp³-hybridized carbons (Fsp3) is 0.455. The smallest absolute Gasteiger partial charge is 0.240 e. The molecule has 0 aliphatic heterocycles. The number of aromatic amines is 1. The van der Waals surface area contributed by atoms with Gasteiger partial charge in [-0.15, -0.1) is 0 Å². The Kier molecular flexibility index (Phi) is 2.34. The predicted octanol–water partition coefficient (Wildman–Crippen LogP) is 2.02. The monoisotopic (exact) mass is 206 g/mol. The van der Waals surface area contributed by atoms with E-state index in [0.717, 1.165) is 17.8 Å². The van der Waals surface area contributed by atoms with E-state index in [1.807, 2.05) is 6.92 Å². The summed E-state index contributed by atoms with van der Waals surface area (Å²) in [6.45, 7) is 6.00. The molecule has 0 unspecified atom stereocenters. The summed E-state index contributed by atoms with van der Waals surface area (Å²) >= 11 is 0. The van der Waals surface area contributed by atoms with Crippen LogP contribution in [-0.4, -0.2) is 10.1 Å². The summed E-state index contributed by atoms with van der Waals surface area (Å²) in [4.78, 5) is 14.7. The first-order valence-corrected chi connectivity index (χ1v) is 5.06. The van der Waals surface area contributed by atoms with Crippen molar-refractivity contribution in [1.29, 1.82) is 0 Å². The number of H-pyrrole nitrogens is 1. The van der Waals surface area contributed by atoms with Gasteiger partial charge in [-0.05, 0) is 19.3 Å². The minimum Gasteiger partial charge on any atom is -0.337 e. The zero-order chi connectivity index (χ0) is 11.0. The molecule has 0 fully saturated rings. The molecule has 0 atom stereocenters. The molecule has 2 aromatic rings. The Balaban J connectivity index is 2.64. The lowest BCUT2D eigenvalue weighted by atomic mass is 10.1. The van der Waals surface area contributed by atoms with Crippen LogP contribution in [0.3, 0.4) is 0 Å². The standard InChI is InChI=1S/C11H14N2O2/c1-6(2)4-8-10-9(14)5-7(3)12-11(10)15-13-8/h5-6H,4H2,1-3H3,(H,12,14). The lowest BCUT2D eigenvalue weighted by Crippen LogP contribution is -2.05. The molecule has 0 aromatic carbocycles. The lowest BCUT2D eigenvalue weighted by Gasteiger charge is -1.99. The van der Waals surface area contributed by atoms with Crippen LogP contribution in [-0.2, 0) is 6.42 Å². The SMILES string of the molecule is Cc1cc(=O)c2c(CC(C)C)noc2[nH]1. The van der Waals surface area contributed by atoms with Crippen LogP contribution in [0.1, 0.15) is 25.2 Å². The molecule has 0 radical (unpaired) electrons. The van der Waals surface area contributed by atoms with Gasteiger partial charge in [0.1, 0.15) is 5.39 Å². The van der Waals surface area contributed by atoms with E-state index >= 15 is 0 Å². The number of aromatic nitrogens is 2. The second-order valence-electron chi connectivity index (χ2n) is 4.25. The Morgan fingerprint density at radius 1 is 1.53 bits per heavy atom. The van der Waals surface area contributed by atoms with Crippen molar-refractivity contribution in [2.24, 2.45) is 5.92 Å². The Morgan fingerprint density at radius 3 is 2.93 bits per heavy atom. The van der Waals surface area contributed by atoms with Gasteiger partial charge in [0.15, 0.2) is 5.43 Å². The Hall–Kier alpha value is -1.58. The van der Waals surface area contributed by atoms with E-state index in [9.17, 15) is 4.79 Å². The number of nitrogens with zero attached hydrogens (tertiary/aromatic N) is 1. The summed E-state index contributed by atoms with van der Waals surface area (Å²) in [5, 5.41) is 4.52. The molecule has 2 rings (SSSR count). The van der Waals surface area contributed by atoms with Gasteiger partial charge in [0, 0.05) is 11.8 Å². The van der Waals surface area contributed by atoms with Crippen LogP contribution in [0.15, 0.2) is 15.4 Å². The normalized spacial score (nSPS) is 11.5. The van der Waals surface area contributed by atoms with E-state index in [0.29, 0.717) is 17.0 Å². The molecule has 0 spiro atoms. The largest absolute Gasteiger partial charge is 0.337 e. The highest BCUT2D eigenvalue weighted by Crippen LogP contribution is 2.15. The number of hydrogen-bond acceptors (Lipinski definition) is 3. The molecule has 0 saturated carbocycles. The molecule has 2 heterocycles. The third-order valence-electron chi connectivity index (χ3n) is 2.27. The molecule has 0 bridgehead atoms. The van der Waals surface area contributed by atoms with Crippen molar-refractivity contribution in [3.8, 4) is 0 Å². The van der Waals surface area contributed by atoms with E-state index in [1.165, 1.54) is 0 Å². The minimum atomic E-state index is -0.0156. The first kappa shape index (κ1) is 9.96. The van der Waals surface area contributed by atoms with Crippen LogP contribution < -0.4 is 5.43 Å². The van der Waals surface area contributed by atoms with Crippen LogP contribution >= 0.6 is 0 Å². The number of pyridine rings is 1. The van der Waals surface area contributed by atoms with Gasteiger partial charge < -0.3 is 9.51 Å². The van der Waals surface area contributed by atoms with E-state index < -0.39 is 0 Å². The zero-order valence-electron chi connectivity index (χ0n) is 9.13. The maximum Gasteiger partial charge on any atom is 0.240 e. The van der Waals surface area contributed by atoms with Gasteiger partial charge >= 0.3 is 0 Å². The molecule has 0 aliphatic carbocycles. The zero-order valence-corrected chi connectivity index (χ0v) is 9.13. The summed E-state index contributed by atoms with van der Waals surface area (Å²) in [6.07, 6.45) is 0.763. The van der Waals surface area contributed by atoms with E-state index in [1.54, 1.807) is 6.07 Å². The van der Waals surface area contributed by atoms with E-state index in [4.69, 9.17) is 4.52 Å². The lowest BCUT2D eigenvalue weighted by molar-refractivity contribution is 0.432. The summed E-state index contributed by atoms with van der Waals surface area (Å²) in [7, 11) is 0. The van der Waals surface area contributed by atoms with Gasteiger partial charge in [-0.1, -0.05) is 19.0 Å². The van der Waals surface area contributed by atoms with Gasteiger partial charge in [0.05, 0.1) is 5.69 Å². The number of rotatable bonds is 2. The highest BCUT2D eigenvalue weighted by Gasteiger charge is 2.13. The fourth-order valence-corrected chi connectivity index (χ4v) is 1.67. The first-order chi connectivity index (χ1) is 7.08. The van der Waals surface area contributed by atoms with Gasteiger partial charge in [-0.25, -0.2) is 0 Å². The van der Waals surface area contributed by atoms with Crippen LogP contribution in [0.2, 0.25) is 0 Å². The average Bonchev–Trinajstić information content (AvgIpc) is 2.46. The quantitative estimate of drug-likeness (QED) is 0.817. The molecular weight excluding hydrogens is 192 g/mol. The Bertz CT molecular complexity index is 537. The van der Waals surface area contributed by atoms with Crippen LogP contribution in [0.25, 0.3) is 11.1 Å². The topological polar surface area (TPSA) is 58.9 Å². The molecule has 2 aromatic heterocycles. The first-order valence-electron chi connectivity index (χ1n) is 5.06. The molecule has 0 aliphatic rings. The molecule has 4 heteroatoms. The number of hydrogen-bond donors (Lipinski definition) is 1. The van der Waals surface area contributed by atoms with Crippen molar-refractivity contribution in [2.75, 3.05) is 0 Å². The second-order valence-corrected chi connectivity index (χ2v) is 4.25. The van der Waals surface area contributed by atoms with Crippen molar-refractivity contribution >= 4 is 11.1 Å². The average molecular weight is 206 g/mol. The summed E-state index contributed by atoms with van der Waals surface area (Å²) in [6, 6.07) is 1.57. The predicted molar refractivity (Wildman–Crippen MR) is 57.9 cm³/mol. The summed E-state index contributed by atoms with van der Waals surface area (Å²) in [5.41, 5.74) is 2.01. The molecular formula is C11H14N2O2. The van der Waals surface area contributed by atoms with E-state index in [2.05, 4.69) is 24.0 Å². The summed E-state index contributed by atoms with van der Waals surface area (Å²) < 4.78 is 5.11. The van der Waals surface area contributed by atoms with Crippen molar-refractivity contribution in [2.45, 2.75) is 27.2 Å². The molecule has 0 amide bonds. The maximum atomic E-state index is 11.7. The Morgan fingerprint density at radius 2 is 2.27 bits per heavy atom. The third-order valence-corrected chi connectivity index (χ3v) is 2.27. The molecule has 1 N–H and O–H groups in total. The molecule has 80 valence electrons. The van der Waals surface area contributed by atoms with Crippen molar-refractivity contribution in [1.82, 2.24) is 10.1 Å². The van der Waals surface area contributed by atoms with Gasteiger partial charge in [-0.2, -0.15) is 0 Å². The molecule has 4 nitrogen and oxygen atoms in total. The van der Waals surface area contributed by atoms with Crippen LogP contribution in [0, 0.1) is 12.8 Å². The highest BCUT2D eigenvalue weighted by atomic mass is 16.5. The van der Waals surface area contributed by atoms with Crippen LogP contribution in [0.4, 0.5) is 0 Å².